The lowest BCUT2D eigenvalue weighted by atomic mass is 10.1. The van der Waals surface area contributed by atoms with Gasteiger partial charge in [-0.2, -0.15) is 0 Å². The molecule has 2 rings (SSSR count). The number of nitrogens with two attached hydrogens (primary N) is 1. The van der Waals surface area contributed by atoms with Crippen LogP contribution in [-0.2, 0) is 6.42 Å². The Balaban J connectivity index is 2.11. The summed E-state index contributed by atoms with van der Waals surface area (Å²) in [5.74, 6) is 0. The number of benzene rings is 2. The Morgan fingerprint density at radius 2 is 1.89 bits per heavy atom. The van der Waals surface area contributed by atoms with Crippen molar-refractivity contribution in [2.75, 3.05) is 0 Å². The lowest BCUT2D eigenvalue weighted by Crippen LogP contribution is -2.21. The third kappa shape index (κ3) is 4.37. The molecule has 0 spiro atoms. The molecule has 2 aromatic carbocycles. The van der Waals surface area contributed by atoms with Crippen LogP contribution in [0.15, 0.2) is 62.8 Å². The summed E-state index contributed by atoms with van der Waals surface area (Å²) < 4.78 is 1.14. The summed E-state index contributed by atoms with van der Waals surface area (Å²) in [7, 11) is 0. The Bertz CT molecular complexity index is 528. The van der Waals surface area contributed by atoms with Crippen molar-refractivity contribution < 1.29 is 0 Å². The Kier molecular flexibility index (Phi) is 5.49. The molecule has 0 aromatic heterocycles. The standard InChI is InChI=1S/C16H18BrNS/c1-2-13(18)10-12-8-9-16(15(17)11-12)19-14-6-4-3-5-7-14/h3-9,11,13H,2,10,18H2,1H3. The summed E-state index contributed by atoms with van der Waals surface area (Å²) in [4.78, 5) is 2.49. The Morgan fingerprint density at radius 3 is 2.53 bits per heavy atom. The maximum Gasteiger partial charge on any atom is 0.0317 e. The van der Waals surface area contributed by atoms with Gasteiger partial charge in [0.2, 0.25) is 0 Å². The topological polar surface area (TPSA) is 26.0 Å². The maximum absolute atomic E-state index is 6.00. The predicted molar refractivity (Wildman–Crippen MR) is 86.7 cm³/mol. The van der Waals surface area contributed by atoms with Crippen LogP contribution in [0.25, 0.3) is 0 Å². The summed E-state index contributed by atoms with van der Waals surface area (Å²) in [6, 6.07) is 17.2. The molecule has 0 radical (unpaired) electrons. The van der Waals surface area contributed by atoms with Gasteiger partial charge in [-0.1, -0.05) is 43.0 Å². The molecule has 19 heavy (non-hydrogen) atoms. The molecule has 0 bridgehead atoms. The van der Waals surface area contributed by atoms with Gasteiger partial charge in [-0.3, -0.25) is 0 Å². The molecule has 0 saturated carbocycles. The zero-order valence-corrected chi connectivity index (χ0v) is 13.4. The molecule has 2 aromatic rings. The van der Waals surface area contributed by atoms with E-state index < -0.39 is 0 Å². The molecule has 0 fully saturated rings. The Hall–Kier alpha value is -0.770. The highest BCUT2D eigenvalue weighted by Gasteiger charge is 2.06. The van der Waals surface area contributed by atoms with Crippen LogP contribution in [0.4, 0.5) is 0 Å². The van der Waals surface area contributed by atoms with Gasteiger partial charge < -0.3 is 5.73 Å². The molecule has 100 valence electrons. The van der Waals surface area contributed by atoms with Crippen LogP contribution in [0.3, 0.4) is 0 Å². The van der Waals surface area contributed by atoms with Gasteiger partial charge >= 0.3 is 0 Å². The SMILES string of the molecule is CCC(N)Cc1ccc(Sc2ccccc2)c(Br)c1. The Labute approximate surface area is 127 Å². The monoisotopic (exact) mass is 335 g/mol. The number of rotatable bonds is 5. The summed E-state index contributed by atoms with van der Waals surface area (Å²) >= 11 is 5.42. The smallest absolute Gasteiger partial charge is 0.0317 e. The van der Waals surface area contributed by atoms with Gasteiger partial charge in [0.25, 0.3) is 0 Å². The molecule has 0 aliphatic heterocycles. The van der Waals surface area contributed by atoms with Crippen LogP contribution in [0.5, 0.6) is 0 Å². The van der Waals surface area contributed by atoms with Crippen molar-refractivity contribution in [3.63, 3.8) is 0 Å². The van der Waals surface area contributed by atoms with Gasteiger partial charge in [0.15, 0.2) is 0 Å². The van der Waals surface area contributed by atoms with Crippen LogP contribution < -0.4 is 5.73 Å². The van der Waals surface area contributed by atoms with Crippen LogP contribution >= 0.6 is 27.7 Å². The fourth-order valence-corrected chi connectivity index (χ4v) is 3.33. The molecule has 1 atom stereocenters. The van der Waals surface area contributed by atoms with Gasteiger partial charge in [0, 0.05) is 20.3 Å². The third-order valence-corrected chi connectivity index (χ3v) is 4.99. The zero-order chi connectivity index (χ0) is 13.7. The van der Waals surface area contributed by atoms with Crippen molar-refractivity contribution in [1.29, 1.82) is 0 Å². The molecule has 0 aliphatic carbocycles. The van der Waals surface area contributed by atoms with E-state index in [1.165, 1.54) is 15.4 Å². The fraction of sp³-hybridized carbons (Fsp3) is 0.250. The van der Waals surface area contributed by atoms with Crippen LogP contribution in [0.1, 0.15) is 18.9 Å². The average molecular weight is 336 g/mol. The van der Waals surface area contributed by atoms with E-state index in [1.807, 2.05) is 6.07 Å². The third-order valence-electron chi connectivity index (χ3n) is 2.99. The fourth-order valence-electron chi connectivity index (χ4n) is 1.82. The minimum absolute atomic E-state index is 0.250. The number of halogens is 1. The first-order chi connectivity index (χ1) is 9.19. The van der Waals surface area contributed by atoms with Crippen molar-refractivity contribution in [1.82, 2.24) is 0 Å². The van der Waals surface area contributed by atoms with Gasteiger partial charge in [-0.15, -0.1) is 0 Å². The highest BCUT2D eigenvalue weighted by molar-refractivity contribution is 9.10. The highest BCUT2D eigenvalue weighted by Crippen LogP contribution is 2.34. The van der Waals surface area contributed by atoms with E-state index in [9.17, 15) is 0 Å². The molecule has 1 unspecified atom stereocenters. The highest BCUT2D eigenvalue weighted by atomic mass is 79.9. The van der Waals surface area contributed by atoms with E-state index in [0.717, 1.165) is 17.3 Å². The van der Waals surface area contributed by atoms with Gasteiger partial charge in [0.05, 0.1) is 0 Å². The predicted octanol–water partition coefficient (Wildman–Crippen LogP) is 4.88. The van der Waals surface area contributed by atoms with E-state index in [-0.39, 0.29) is 6.04 Å². The number of hydrogen-bond acceptors (Lipinski definition) is 2. The van der Waals surface area contributed by atoms with Crippen molar-refractivity contribution in [2.45, 2.75) is 35.6 Å². The summed E-state index contributed by atoms with van der Waals surface area (Å²) in [6.45, 7) is 2.12. The van der Waals surface area contributed by atoms with Crippen LogP contribution in [-0.4, -0.2) is 6.04 Å². The van der Waals surface area contributed by atoms with Crippen molar-refractivity contribution >= 4 is 27.7 Å². The number of hydrogen-bond donors (Lipinski definition) is 1. The molecule has 1 nitrogen and oxygen atoms in total. The zero-order valence-electron chi connectivity index (χ0n) is 11.0. The van der Waals surface area contributed by atoms with E-state index in [4.69, 9.17) is 5.73 Å². The minimum atomic E-state index is 0.250. The largest absolute Gasteiger partial charge is 0.327 e. The quantitative estimate of drug-likeness (QED) is 0.842. The molecular formula is C16H18BrNS. The van der Waals surface area contributed by atoms with Gasteiger partial charge in [0.1, 0.15) is 0 Å². The molecule has 0 saturated heterocycles. The molecule has 2 N–H and O–H groups in total. The second-order valence-electron chi connectivity index (χ2n) is 4.55. The van der Waals surface area contributed by atoms with Crippen molar-refractivity contribution in [2.24, 2.45) is 5.73 Å². The molecule has 3 heteroatoms. The molecule has 0 aliphatic rings. The molecule has 0 heterocycles. The summed E-state index contributed by atoms with van der Waals surface area (Å²) in [6.07, 6.45) is 1.95. The first-order valence-corrected chi connectivity index (χ1v) is 8.07. The normalized spacial score (nSPS) is 12.4. The second-order valence-corrected chi connectivity index (χ2v) is 6.52. The van der Waals surface area contributed by atoms with Crippen molar-refractivity contribution in [3.8, 4) is 0 Å². The minimum Gasteiger partial charge on any atom is -0.327 e. The van der Waals surface area contributed by atoms with E-state index in [1.54, 1.807) is 11.8 Å². The van der Waals surface area contributed by atoms with Crippen LogP contribution in [0.2, 0.25) is 0 Å². The maximum atomic E-state index is 6.00. The Morgan fingerprint density at radius 1 is 1.16 bits per heavy atom. The lowest BCUT2D eigenvalue weighted by molar-refractivity contribution is 0.646. The molecule has 0 amide bonds. The van der Waals surface area contributed by atoms with E-state index >= 15 is 0 Å². The molecular weight excluding hydrogens is 318 g/mol. The first-order valence-electron chi connectivity index (χ1n) is 6.46. The van der Waals surface area contributed by atoms with Gasteiger partial charge in [-0.25, -0.2) is 0 Å². The second kappa shape index (κ2) is 7.13. The lowest BCUT2D eigenvalue weighted by Gasteiger charge is -2.11. The van der Waals surface area contributed by atoms with Crippen molar-refractivity contribution in [3.05, 3.63) is 58.6 Å². The summed E-state index contributed by atoms with van der Waals surface area (Å²) in [5, 5.41) is 0. The van der Waals surface area contributed by atoms with Crippen LogP contribution in [0, 0.1) is 0 Å². The van der Waals surface area contributed by atoms with E-state index in [2.05, 4.69) is 65.3 Å². The first kappa shape index (κ1) is 14.6. The van der Waals surface area contributed by atoms with Gasteiger partial charge in [-0.05, 0) is 58.6 Å². The average Bonchev–Trinajstić information content (AvgIpc) is 2.43. The summed E-state index contributed by atoms with van der Waals surface area (Å²) in [5.41, 5.74) is 7.29. The van der Waals surface area contributed by atoms with E-state index in [0.29, 0.717) is 0 Å².